The lowest BCUT2D eigenvalue weighted by Gasteiger charge is -2.11. The maximum atomic E-state index is 12.9. The fourth-order valence-corrected chi connectivity index (χ4v) is 3.14. The van der Waals surface area contributed by atoms with Gasteiger partial charge in [-0.05, 0) is 37.0 Å². The predicted octanol–water partition coefficient (Wildman–Crippen LogP) is 2.65. The van der Waals surface area contributed by atoms with Crippen molar-refractivity contribution in [2.75, 3.05) is 5.32 Å². The van der Waals surface area contributed by atoms with Crippen LogP contribution in [0.5, 0.6) is 0 Å². The molecule has 1 fully saturated rings. The zero-order chi connectivity index (χ0) is 18.4. The average molecular weight is 358 g/mol. The van der Waals surface area contributed by atoms with Gasteiger partial charge >= 0.3 is 0 Å². The number of nitrogens with zero attached hydrogens (tertiary/aromatic N) is 2. The van der Waals surface area contributed by atoms with Crippen LogP contribution in [0.2, 0.25) is 0 Å². The fraction of sp³-hybridized carbons (Fsp3) is 0.421. The molecule has 0 bridgehead atoms. The van der Waals surface area contributed by atoms with Gasteiger partial charge in [0.05, 0.1) is 11.9 Å². The van der Waals surface area contributed by atoms with Gasteiger partial charge in [-0.3, -0.25) is 14.3 Å². The molecule has 1 aromatic carbocycles. The summed E-state index contributed by atoms with van der Waals surface area (Å²) in [5, 5.41) is 9.88. The molecule has 2 N–H and O–H groups in total. The van der Waals surface area contributed by atoms with E-state index in [2.05, 4.69) is 15.7 Å². The number of amides is 2. The highest BCUT2D eigenvalue weighted by Gasteiger charge is 2.17. The summed E-state index contributed by atoms with van der Waals surface area (Å²) < 4.78 is 14.4. The summed E-state index contributed by atoms with van der Waals surface area (Å²) in [6.45, 7) is 0.141. The lowest BCUT2D eigenvalue weighted by Crippen LogP contribution is -2.35. The van der Waals surface area contributed by atoms with Gasteiger partial charge in [-0.15, -0.1) is 0 Å². The lowest BCUT2D eigenvalue weighted by atomic mass is 10.1. The molecular formula is C19H23FN4O2. The molecule has 7 heteroatoms. The molecule has 1 aromatic heterocycles. The maximum absolute atomic E-state index is 12.9. The third-order valence-electron chi connectivity index (χ3n) is 4.50. The first-order valence-corrected chi connectivity index (χ1v) is 8.94. The normalized spacial score (nSPS) is 14.3. The van der Waals surface area contributed by atoms with E-state index in [1.54, 1.807) is 18.3 Å². The summed E-state index contributed by atoms with van der Waals surface area (Å²) in [5.41, 5.74) is 1.46. The Labute approximate surface area is 151 Å². The molecule has 3 rings (SSSR count). The van der Waals surface area contributed by atoms with Gasteiger partial charge in [-0.25, -0.2) is 4.39 Å². The summed E-state index contributed by atoms with van der Waals surface area (Å²) >= 11 is 0. The summed E-state index contributed by atoms with van der Waals surface area (Å²) in [4.78, 5) is 24.0. The topological polar surface area (TPSA) is 76.0 Å². The van der Waals surface area contributed by atoms with Crippen LogP contribution in [0.1, 0.15) is 37.7 Å². The fourth-order valence-electron chi connectivity index (χ4n) is 3.14. The van der Waals surface area contributed by atoms with Gasteiger partial charge in [0, 0.05) is 18.7 Å². The molecule has 1 saturated carbocycles. The standard InChI is InChI=1S/C19H23FN4O2/c20-15-8-5-14(6-9-15)7-10-18(25)23-17-11-21-24(12-17)13-19(26)22-16-3-1-2-4-16/h5-6,8-9,11-12,16H,1-4,7,10,13H2,(H,22,26)(H,23,25). The molecule has 6 nitrogen and oxygen atoms in total. The molecule has 0 saturated heterocycles. The van der Waals surface area contributed by atoms with E-state index in [0.717, 1.165) is 18.4 Å². The molecule has 1 heterocycles. The third kappa shape index (κ3) is 5.40. The number of aromatic nitrogens is 2. The predicted molar refractivity (Wildman–Crippen MR) is 96.0 cm³/mol. The largest absolute Gasteiger partial charge is 0.352 e. The zero-order valence-electron chi connectivity index (χ0n) is 14.6. The van der Waals surface area contributed by atoms with Crippen molar-refractivity contribution in [2.45, 2.75) is 51.1 Å². The minimum Gasteiger partial charge on any atom is -0.352 e. The van der Waals surface area contributed by atoms with Crippen LogP contribution in [0.4, 0.5) is 10.1 Å². The summed E-state index contributed by atoms with van der Waals surface area (Å²) in [5.74, 6) is -0.499. The number of aryl methyl sites for hydroxylation is 1. The van der Waals surface area contributed by atoms with Crippen molar-refractivity contribution in [3.05, 3.63) is 48.0 Å². The van der Waals surface area contributed by atoms with E-state index in [4.69, 9.17) is 0 Å². The molecule has 0 unspecified atom stereocenters. The van der Waals surface area contributed by atoms with E-state index in [1.165, 1.54) is 35.9 Å². The number of carbonyl (C=O) groups is 2. The van der Waals surface area contributed by atoms with Crippen molar-refractivity contribution in [3.8, 4) is 0 Å². The third-order valence-corrected chi connectivity index (χ3v) is 4.50. The Balaban J connectivity index is 1.42. The van der Waals surface area contributed by atoms with Crippen molar-refractivity contribution in [1.82, 2.24) is 15.1 Å². The van der Waals surface area contributed by atoms with Crippen molar-refractivity contribution in [1.29, 1.82) is 0 Å². The molecule has 0 spiro atoms. The van der Waals surface area contributed by atoms with Gasteiger partial charge < -0.3 is 10.6 Å². The first-order chi connectivity index (χ1) is 12.6. The Morgan fingerprint density at radius 3 is 2.62 bits per heavy atom. The van der Waals surface area contributed by atoms with Crippen molar-refractivity contribution >= 4 is 17.5 Å². The molecule has 2 amide bonds. The van der Waals surface area contributed by atoms with E-state index >= 15 is 0 Å². The smallest absolute Gasteiger partial charge is 0.241 e. The Bertz CT molecular complexity index is 751. The number of hydrogen-bond acceptors (Lipinski definition) is 3. The minimum atomic E-state index is -0.289. The van der Waals surface area contributed by atoms with Crippen LogP contribution in [0.25, 0.3) is 0 Å². The van der Waals surface area contributed by atoms with Crippen molar-refractivity contribution in [3.63, 3.8) is 0 Å². The summed E-state index contributed by atoms with van der Waals surface area (Å²) in [6.07, 6.45) is 8.41. The van der Waals surface area contributed by atoms with Gasteiger partial charge in [-0.1, -0.05) is 25.0 Å². The first-order valence-electron chi connectivity index (χ1n) is 8.94. The second-order valence-electron chi connectivity index (χ2n) is 6.65. The number of benzene rings is 1. The highest BCUT2D eigenvalue weighted by molar-refractivity contribution is 5.90. The Kier molecular flexibility index (Phi) is 5.99. The van der Waals surface area contributed by atoms with E-state index in [0.29, 0.717) is 18.5 Å². The van der Waals surface area contributed by atoms with Gasteiger partial charge in [0.15, 0.2) is 0 Å². The molecule has 26 heavy (non-hydrogen) atoms. The summed E-state index contributed by atoms with van der Waals surface area (Å²) in [7, 11) is 0. The molecular weight excluding hydrogens is 335 g/mol. The number of rotatable bonds is 7. The van der Waals surface area contributed by atoms with E-state index < -0.39 is 0 Å². The summed E-state index contributed by atoms with van der Waals surface area (Å²) in [6, 6.07) is 6.39. The zero-order valence-corrected chi connectivity index (χ0v) is 14.6. The molecule has 0 aliphatic heterocycles. The monoisotopic (exact) mass is 358 g/mol. The van der Waals surface area contributed by atoms with E-state index in [-0.39, 0.29) is 30.2 Å². The van der Waals surface area contributed by atoms with Crippen LogP contribution in [0.15, 0.2) is 36.7 Å². The van der Waals surface area contributed by atoms with Crippen LogP contribution in [-0.2, 0) is 22.6 Å². The number of carbonyl (C=O) groups excluding carboxylic acids is 2. The van der Waals surface area contributed by atoms with Gasteiger partial charge in [0.2, 0.25) is 11.8 Å². The SMILES string of the molecule is O=C(CCc1ccc(F)cc1)Nc1cnn(CC(=O)NC2CCCC2)c1. The van der Waals surface area contributed by atoms with Crippen LogP contribution >= 0.6 is 0 Å². The highest BCUT2D eigenvalue weighted by Crippen LogP contribution is 2.17. The van der Waals surface area contributed by atoms with E-state index in [9.17, 15) is 14.0 Å². The highest BCUT2D eigenvalue weighted by atomic mass is 19.1. The number of anilines is 1. The molecule has 0 radical (unpaired) electrons. The molecule has 1 aliphatic carbocycles. The Morgan fingerprint density at radius 2 is 1.88 bits per heavy atom. The van der Waals surface area contributed by atoms with Crippen molar-refractivity contribution in [2.24, 2.45) is 0 Å². The second-order valence-corrected chi connectivity index (χ2v) is 6.65. The number of nitrogens with one attached hydrogen (secondary N) is 2. The molecule has 138 valence electrons. The second kappa shape index (κ2) is 8.60. The van der Waals surface area contributed by atoms with E-state index in [1.807, 2.05) is 0 Å². The Morgan fingerprint density at radius 1 is 1.15 bits per heavy atom. The van der Waals surface area contributed by atoms with Crippen molar-refractivity contribution < 1.29 is 14.0 Å². The average Bonchev–Trinajstić information content (AvgIpc) is 3.26. The van der Waals surface area contributed by atoms with Gasteiger partial charge in [-0.2, -0.15) is 5.10 Å². The Hall–Kier alpha value is -2.70. The number of hydrogen-bond donors (Lipinski definition) is 2. The molecule has 0 atom stereocenters. The van der Waals surface area contributed by atoms with Crippen LogP contribution in [-0.4, -0.2) is 27.6 Å². The molecule has 2 aromatic rings. The van der Waals surface area contributed by atoms with Crippen LogP contribution < -0.4 is 10.6 Å². The minimum absolute atomic E-state index is 0.0609. The first kappa shape index (κ1) is 18.1. The quantitative estimate of drug-likeness (QED) is 0.799. The van der Waals surface area contributed by atoms with Crippen LogP contribution in [0, 0.1) is 5.82 Å². The lowest BCUT2D eigenvalue weighted by molar-refractivity contribution is -0.122. The van der Waals surface area contributed by atoms with Crippen LogP contribution in [0.3, 0.4) is 0 Å². The number of halogens is 1. The van der Waals surface area contributed by atoms with Gasteiger partial charge in [0.1, 0.15) is 12.4 Å². The maximum Gasteiger partial charge on any atom is 0.241 e. The van der Waals surface area contributed by atoms with Gasteiger partial charge in [0.25, 0.3) is 0 Å². The molecule has 1 aliphatic rings.